The molecule has 4 heteroatoms. The average molecular weight is 261 g/mol. The molecule has 3 rings (SSSR count). The van der Waals surface area contributed by atoms with Crippen molar-refractivity contribution in [2.75, 3.05) is 26.2 Å². The summed E-state index contributed by atoms with van der Waals surface area (Å²) in [4.78, 5) is 2.45. The van der Waals surface area contributed by atoms with Gasteiger partial charge in [-0.25, -0.2) is 4.39 Å². The van der Waals surface area contributed by atoms with Gasteiger partial charge in [0.05, 0.1) is 5.52 Å². The SMILES string of the molecule is CCn1c(CN2CCNCC2)cc2ccc(F)cc21. The van der Waals surface area contributed by atoms with E-state index in [9.17, 15) is 4.39 Å². The van der Waals surface area contributed by atoms with Gasteiger partial charge in [0, 0.05) is 50.3 Å². The highest BCUT2D eigenvalue weighted by molar-refractivity contribution is 5.81. The smallest absolute Gasteiger partial charge is 0.125 e. The lowest BCUT2D eigenvalue weighted by molar-refractivity contribution is 0.228. The summed E-state index contributed by atoms with van der Waals surface area (Å²) < 4.78 is 15.6. The molecule has 1 aliphatic rings. The number of piperazine rings is 1. The Hall–Kier alpha value is -1.39. The number of halogens is 1. The zero-order valence-corrected chi connectivity index (χ0v) is 11.3. The fraction of sp³-hybridized carbons (Fsp3) is 0.467. The van der Waals surface area contributed by atoms with E-state index >= 15 is 0 Å². The van der Waals surface area contributed by atoms with Crippen LogP contribution < -0.4 is 5.32 Å². The fourth-order valence-corrected chi connectivity index (χ4v) is 2.89. The molecule has 0 radical (unpaired) electrons. The monoisotopic (exact) mass is 261 g/mol. The predicted octanol–water partition coefficient (Wildman–Crippen LogP) is 2.21. The topological polar surface area (TPSA) is 20.2 Å². The third-order valence-corrected chi connectivity index (χ3v) is 3.86. The molecule has 0 spiro atoms. The first kappa shape index (κ1) is 12.6. The molecule has 1 aromatic heterocycles. The number of hydrogen-bond acceptors (Lipinski definition) is 2. The fourth-order valence-electron chi connectivity index (χ4n) is 2.89. The van der Waals surface area contributed by atoms with Crippen LogP contribution in [0.25, 0.3) is 10.9 Å². The van der Waals surface area contributed by atoms with Gasteiger partial charge in [0.25, 0.3) is 0 Å². The van der Waals surface area contributed by atoms with Crippen molar-refractivity contribution in [3.63, 3.8) is 0 Å². The summed E-state index contributed by atoms with van der Waals surface area (Å²) in [5.41, 5.74) is 2.29. The molecule has 0 unspecified atom stereocenters. The van der Waals surface area contributed by atoms with Crippen molar-refractivity contribution in [2.45, 2.75) is 20.0 Å². The number of nitrogens with one attached hydrogen (secondary N) is 1. The summed E-state index contributed by atoms with van der Waals surface area (Å²) in [6.07, 6.45) is 0. The maximum absolute atomic E-state index is 13.4. The van der Waals surface area contributed by atoms with Crippen LogP contribution in [0, 0.1) is 5.82 Å². The second kappa shape index (κ2) is 5.31. The molecule has 0 atom stereocenters. The summed E-state index contributed by atoms with van der Waals surface area (Å²) in [5, 5.41) is 4.50. The molecule has 102 valence electrons. The van der Waals surface area contributed by atoms with Crippen molar-refractivity contribution in [1.29, 1.82) is 0 Å². The molecule has 3 nitrogen and oxygen atoms in total. The number of rotatable bonds is 3. The van der Waals surface area contributed by atoms with E-state index in [0.29, 0.717) is 0 Å². The summed E-state index contributed by atoms with van der Waals surface area (Å²) in [6.45, 7) is 8.23. The lowest BCUT2D eigenvalue weighted by atomic mass is 10.2. The Morgan fingerprint density at radius 2 is 2.00 bits per heavy atom. The maximum Gasteiger partial charge on any atom is 0.125 e. The Balaban J connectivity index is 1.93. The first-order chi connectivity index (χ1) is 9.28. The first-order valence-electron chi connectivity index (χ1n) is 6.98. The zero-order chi connectivity index (χ0) is 13.2. The minimum atomic E-state index is -0.158. The van der Waals surface area contributed by atoms with Crippen molar-refractivity contribution < 1.29 is 4.39 Å². The van der Waals surface area contributed by atoms with E-state index in [1.807, 2.05) is 6.07 Å². The van der Waals surface area contributed by atoms with Gasteiger partial charge in [-0.15, -0.1) is 0 Å². The number of hydrogen-bond donors (Lipinski definition) is 1. The molecule has 19 heavy (non-hydrogen) atoms. The second-order valence-electron chi connectivity index (χ2n) is 5.11. The lowest BCUT2D eigenvalue weighted by Crippen LogP contribution is -2.43. The van der Waals surface area contributed by atoms with Gasteiger partial charge < -0.3 is 9.88 Å². The largest absolute Gasteiger partial charge is 0.344 e. The Kier molecular flexibility index (Phi) is 3.53. The van der Waals surface area contributed by atoms with Gasteiger partial charge >= 0.3 is 0 Å². The predicted molar refractivity (Wildman–Crippen MR) is 75.7 cm³/mol. The molecule has 1 saturated heterocycles. The van der Waals surface area contributed by atoms with Gasteiger partial charge in [-0.2, -0.15) is 0 Å². The summed E-state index contributed by atoms with van der Waals surface area (Å²) >= 11 is 0. The highest BCUT2D eigenvalue weighted by atomic mass is 19.1. The standard InChI is InChI=1S/C15H20FN3/c1-2-19-14(11-18-7-5-17-6-8-18)9-12-3-4-13(16)10-15(12)19/h3-4,9-10,17H,2,5-8,11H2,1H3. The van der Waals surface area contributed by atoms with Crippen LogP contribution in [0.15, 0.2) is 24.3 Å². The van der Waals surface area contributed by atoms with E-state index in [0.717, 1.165) is 50.2 Å². The average Bonchev–Trinajstić information content (AvgIpc) is 2.76. The van der Waals surface area contributed by atoms with Crippen molar-refractivity contribution in [2.24, 2.45) is 0 Å². The Morgan fingerprint density at radius 3 is 2.74 bits per heavy atom. The lowest BCUT2D eigenvalue weighted by Gasteiger charge is -2.27. The maximum atomic E-state index is 13.4. The normalized spacial score (nSPS) is 17.2. The van der Waals surface area contributed by atoms with E-state index in [-0.39, 0.29) is 5.82 Å². The molecule has 0 amide bonds. The summed E-state index contributed by atoms with van der Waals surface area (Å²) in [6, 6.07) is 7.25. The summed E-state index contributed by atoms with van der Waals surface area (Å²) in [7, 11) is 0. The van der Waals surface area contributed by atoms with E-state index < -0.39 is 0 Å². The number of benzene rings is 1. The zero-order valence-electron chi connectivity index (χ0n) is 11.3. The van der Waals surface area contributed by atoms with E-state index in [2.05, 4.69) is 27.8 Å². The van der Waals surface area contributed by atoms with Crippen LogP contribution in [0.2, 0.25) is 0 Å². The molecule has 1 fully saturated rings. The Bertz CT molecular complexity index is 570. The molecule has 2 heterocycles. The van der Waals surface area contributed by atoms with Gasteiger partial charge in [0.15, 0.2) is 0 Å². The van der Waals surface area contributed by atoms with Crippen molar-refractivity contribution >= 4 is 10.9 Å². The third-order valence-electron chi connectivity index (χ3n) is 3.86. The van der Waals surface area contributed by atoms with Crippen LogP contribution in [-0.4, -0.2) is 35.6 Å². The van der Waals surface area contributed by atoms with Gasteiger partial charge in [-0.05, 0) is 31.2 Å². The van der Waals surface area contributed by atoms with Crippen molar-refractivity contribution in [1.82, 2.24) is 14.8 Å². The van der Waals surface area contributed by atoms with Crippen molar-refractivity contribution in [3.8, 4) is 0 Å². The molecule has 1 aromatic carbocycles. The number of aromatic nitrogens is 1. The van der Waals surface area contributed by atoms with Gasteiger partial charge in [-0.3, -0.25) is 4.90 Å². The number of fused-ring (bicyclic) bond motifs is 1. The van der Waals surface area contributed by atoms with Crippen LogP contribution in [0.1, 0.15) is 12.6 Å². The van der Waals surface area contributed by atoms with Crippen LogP contribution >= 0.6 is 0 Å². The van der Waals surface area contributed by atoms with Gasteiger partial charge in [-0.1, -0.05) is 0 Å². The minimum absolute atomic E-state index is 0.158. The second-order valence-corrected chi connectivity index (χ2v) is 5.11. The third kappa shape index (κ3) is 2.51. The molecule has 0 aliphatic carbocycles. The molecule has 0 bridgehead atoms. The molecular weight excluding hydrogens is 241 g/mol. The van der Waals surface area contributed by atoms with Gasteiger partial charge in [0.1, 0.15) is 5.82 Å². The Morgan fingerprint density at radius 1 is 1.21 bits per heavy atom. The van der Waals surface area contributed by atoms with E-state index in [1.165, 1.54) is 11.8 Å². The van der Waals surface area contributed by atoms with Crippen molar-refractivity contribution in [3.05, 3.63) is 35.8 Å². The van der Waals surface area contributed by atoms with Crippen LogP contribution in [0.5, 0.6) is 0 Å². The van der Waals surface area contributed by atoms with E-state index in [4.69, 9.17) is 0 Å². The van der Waals surface area contributed by atoms with Crippen LogP contribution in [0.4, 0.5) is 4.39 Å². The molecule has 2 aromatic rings. The minimum Gasteiger partial charge on any atom is -0.344 e. The molecule has 1 N–H and O–H groups in total. The van der Waals surface area contributed by atoms with E-state index in [1.54, 1.807) is 6.07 Å². The van der Waals surface area contributed by atoms with Crippen LogP contribution in [-0.2, 0) is 13.1 Å². The molecule has 0 saturated carbocycles. The van der Waals surface area contributed by atoms with Gasteiger partial charge in [0.2, 0.25) is 0 Å². The Labute approximate surface area is 113 Å². The number of nitrogens with zero attached hydrogens (tertiary/aromatic N) is 2. The first-order valence-corrected chi connectivity index (χ1v) is 6.98. The summed E-state index contributed by atoms with van der Waals surface area (Å²) in [5.74, 6) is -0.158. The van der Waals surface area contributed by atoms with Crippen LogP contribution in [0.3, 0.4) is 0 Å². The highest BCUT2D eigenvalue weighted by Gasteiger charge is 2.14. The quantitative estimate of drug-likeness (QED) is 0.914. The molecule has 1 aliphatic heterocycles. The molecular formula is C15H20FN3. The number of aryl methyl sites for hydroxylation is 1. The highest BCUT2D eigenvalue weighted by Crippen LogP contribution is 2.22.